The van der Waals surface area contributed by atoms with Crippen LogP contribution in [-0.4, -0.2) is 5.24 Å². The van der Waals surface area contributed by atoms with Crippen molar-refractivity contribution in [1.82, 2.24) is 0 Å². The van der Waals surface area contributed by atoms with Gasteiger partial charge in [-0.15, -0.1) is 0 Å². The van der Waals surface area contributed by atoms with Crippen LogP contribution in [-0.2, 0) is 6.18 Å². The molecule has 0 heterocycles. The standard InChI is InChI=1S/C8H4ClF3O.FH/c9-7(13)5-3-1-2-4-6(5)8(10,11)12;/h1-4H;1H. The summed E-state index contributed by atoms with van der Waals surface area (Å²) in [4.78, 5) is 10.6. The van der Waals surface area contributed by atoms with Crippen molar-refractivity contribution in [2.75, 3.05) is 0 Å². The maximum atomic E-state index is 12.2. The van der Waals surface area contributed by atoms with Gasteiger partial charge in [0.2, 0.25) is 0 Å². The van der Waals surface area contributed by atoms with Crippen LogP contribution >= 0.6 is 11.6 Å². The van der Waals surface area contributed by atoms with Gasteiger partial charge in [-0.05, 0) is 23.7 Å². The van der Waals surface area contributed by atoms with Gasteiger partial charge in [-0.2, -0.15) is 13.2 Å². The molecule has 1 rings (SSSR count). The molecule has 1 nitrogen and oxygen atoms in total. The molecule has 0 bridgehead atoms. The summed E-state index contributed by atoms with van der Waals surface area (Å²) < 4.78 is 36.6. The average Bonchev–Trinajstić information content (AvgIpc) is 2.03. The zero-order valence-corrected chi connectivity index (χ0v) is 7.39. The molecule has 0 aliphatic heterocycles. The van der Waals surface area contributed by atoms with Crippen LogP contribution in [0.3, 0.4) is 0 Å². The largest absolute Gasteiger partial charge is 0.417 e. The Kier molecular flexibility index (Phi) is 4.07. The van der Waals surface area contributed by atoms with Crippen molar-refractivity contribution >= 4 is 16.8 Å². The highest BCUT2D eigenvalue weighted by atomic mass is 35.5. The van der Waals surface area contributed by atoms with E-state index in [9.17, 15) is 18.0 Å². The van der Waals surface area contributed by atoms with Crippen LogP contribution < -0.4 is 0 Å². The van der Waals surface area contributed by atoms with Gasteiger partial charge < -0.3 is 0 Å². The van der Waals surface area contributed by atoms with Gasteiger partial charge in [-0.1, -0.05) is 12.1 Å². The summed E-state index contributed by atoms with van der Waals surface area (Å²) in [5.74, 6) is 0. The molecular weight excluding hydrogens is 224 g/mol. The molecule has 1 aromatic carbocycles. The number of hydrogen-bond donors (Lipinski definition) is 0. The highest BCUT2D eigenvalue weighted by Crippen LogP contribution is 2.32. The SMILES string of the molecule is F.O=C(Cl)c1ccccc1C(F)(F)F. The fourth-order valence-electron chi connectivity index (χ4n) is 0.902. The predicted molar refractivity (Wildman–Crippen MR) is 44.1 cm³/mol. The summed E-state index contributed by atoms with van der Waals surface area (Å²) in [7, 11) is 0. The Morgan fingerprint density at radius 3 is 2.07 bits per heavy atom. The number of carbonyl (C=O) groups excluding carboxylic acids is 1. The van der Waals surface area contributed by atoms with Gasteiger partial charge in [0.1, 0.15) is 0 Å². The van der Waals surface area contributed by atoms with E-state index in [0.717, 1.165) is 12.1 Å². The maximum absolute atomic E-state index is 12.2. The van der Waals surface area contributed by atoms with Gasteiger partial charge in [0.15, 0.2) is 0 Å². The van der Waals surface area contributed by atoms with Crippen LogP contribution in [0.25, 0.3) is 0 Å². The quantitative estimate of drug-likeness (QED) is 0.533. The number of benzene rings is 1. The van der Waals surface area contributed by atoms with Crippen LogP contribution in [0.4, 0.5) is 17.9 Å². The molecule has 6 heteroatoms. The molecule has 0 aromatic heterocycles. The molecule has 0 saturated heterocycles. The molecule has 78 valence electrons. The third-order valence-corrected chi connectivity index (χ3v) is 1.65. The molecule has 0 fully saturated rings. The minimum atomic E-state index is -4.54. The van der Waals surface area contributed by atoms with Crippen molar-refractivity contribution < 1.29 is 22.7 Å². The second kappa shape index (κ2) is 4.41. The van der Waals surface area contributed by atoms with Gasteiger partial charge in [0.25, 0.3) is 5.24 Å². The molecule has 0 spiro atoms. The lowest BCUT2D eigenvalue weighted by Crippen LogP contribution is -2.10. The van der Waals surface area contributed by atoms with Crippen molar-refractivity contribution in [3.05, 3.63) is 35.4 Å². The Labute approximate surface area is 81.9 Å². The first-order valence-corrected chi connectivity index (χ1v) is 3.67. The monoisotopic (exact) mass is 228 g/mol. The summed E-state index contributed by atoms with van der Waals surface area (Å²) in [6, 6.07) is 4.38. The molecule has 0 aliphatic rings. The van der Waals surface area contributed by atoms with E-state index in [1.165, 1.54) is 12.1 Å². The molecule has 1 aromatic rings. The lowest BCUT2D eigenvalue weighted by molar-refractivity contribution is -0.137. The molecule has 0 N–H and O–H groups in total. The first kappa shape index (κ1) is 12.9. The van der Waals surface area contributed by atoms with Crippen molar-refractivity contribution in [1.29, 1.82) is 0 Å². The second-order valence-corrected chi connectivity index (χ2v) is 2.66. The van der Waals surface area contributed by atoms with Gasteiger partial charge >= 0.3 is 6.18 Å². The summed E-state index contributed by atoms with van der Waals surface area (Å²) in [5.41, 5.74) is -1.52. The van der Waals surface area contributed by atoms with Gasteiger partial charge in [0.05, 0.1) is 5.56 Å². The van der Waals surface area contributed by atoms with Gasteiger partial charge in [0, 0.05) is 5.56 Å². The van der Waals surface area contributed by atoms with E-state index in [2.05, 4.69) is 0 Å². The Morgan fingerprint density at radius 1 is 1.21 bits per heavy atom. The average molecular weight is 229 g/mol. The van der Waals surface area contributed by atoms with E-state index < -0.39 is 22.5 Å². The van der Waals surface area contributed by atoms with Crippen molar-refractivity contribution in [2.45, 2.75) is 6.18 Å². The number of hydrogen-bond acceptors (Lipinski definition) is 1. The van der Waals surface area contributed by atoms with E-state index in [-0.39, 0.29) is 4.70 Å². The summed E-state index contributed by atoms with van der Waals surface area (Å²) in [6.45, 7) is 0. The highest BCUT2D eigenvalue weighted by molar-refractivity contribution is 6.67. The highest BCUT2D eigenvalue weighted by Gasteiger charge is 2.34. The minimum absolute atomic E-state index is 0. The van der Waals surface area contributed by atoms with Gasteiger partial charge in [-0.3, -0.25) is 9.50 Å². The van der Waals surface area contributed by atoms with E-state index in [4.69, 9.17) is 11.6 Å². The smallest absolute Gasteiger partial charge is 0.276 e. The van der Waals surface area contributed by atoms with Crippen LogP contribution in [0.1, 0.15) is 15.9 Å². The number of halogens is 5. The number of alkyl halides is 3. The molecule has 0 aliphatic carbocycles. The van der Waals surface area contributed by atoms with Crippen LogP contribution in [0.5, 0.6) is 0 Å². The Balaban J connectivity index is 0.00000169. The topological polar surface area (TPSA) is 17.1 Å². The number of rotatable bonds is 1. The van der Waals surface area contributed by atoms with Crippen LogP contribution in [0.2, 0.25) is 0 Å². The summed E-state index contributed by atoms with van der Waals surface area (Å²) in [5, 5.41) is -1.10. The zero-order valence-electron chi connectivity index (χ0n) is 6.64. The first-order valence-electron chi connectivity index (χ1n) is 3.29. The molecule has 0 atom stereocenters. The lowest BCUT2D eigenvalue weighted by Gasteiger charge is -2.08. The predicted octanol–water partition coefficient (Wildman–Crippen LogP) is 3.24. The van der Waals surface area contributed by atoms with E-state index >= 15 is 0 Å². The second-order valence-electron chi connectivity index (χ2n) is 2.32. The molecule has 0 amide bonds. The normalized spacial score (nSPS) is 10.6. The Morgan fingerprint density at radius 2 is 1.71 bits per heavy atom. The first-order chi connectivity index (χ1) is 5.93. The summed E-state index contributed by atoms with van der Waals surface area (Å²) >= 11 is 4.98. The van der Waals surface area contributed by atoms with Crippen molar-refractivity contribution in [3.8, 4) is 0 Å². The lowest BCUT2D eigenvalue weighted by atomic mass is 10.1. The van der Waals surface area contributed by atoms with Gasteiger partial charge in [-0.25, -0.2) is 0 Å². The van der Waals surface area contributed by atoms with Crippen molar-refractivity contribution in [2.24, 2.45) is 0 Å². The van der Waals surface area contributed by atoms with E-state index in [1.807, 2.05) is 0 Å². The molecule has 0 unspecified atom stereocenters. The zero-order chi connectivity index (χ0) is 10.1. The maximum Gasteiger partial charge on any atom is 0.417 e. The fraction of sp³-hybridized carbons (Fsp3) is 0.125. The fourth-order valence-corrected chi connectivity index (χ4v) is 1.07. The molecular formula is C8H5ClF4O. The number of carbonyl (C=O) groups is 1. The minimum Gasteiger partial charge on any atom is -0.276 e. The third-order valence-electron chi connectivity index (χ3n) is 1.44. The molecule has 0 radical (unpaired) electrons. The Hall–Kier alpha value is -1.10. The van der Waals surface area contributed by atoms with Crippen LogP contribution in [0, 0.1) is 0 Å². The van der Waals surface area contributed by atoms with E-state index in [1.54, 1.807) is 0 Å². The summed E-state index contributed by atoms with van der Waals surface area (Å²) in [6.07, 6.45) is -4.54. The van der Waals surface area contributed by atoms with Crippen molar-refractivity contribution in [3.63, 3.8) is 0 Å². The third kappa shape index (κ3) is 2.70. The Bertz CT molecular complexity index is 334. The molecule has 0 saturated carbocycles. The van der Waals surface area contributed by atoms with E-state index in [0.29, 0.717) is 0 Å². The molecule has 14 heavy (non-hydrogen) atoms. The van der Waals surface area contributed by atoms with Crippen LogP contribution in [0.15, 0.2) is 24.3 Å².